The van der Waals surface area contributed by atoms with Gasteiger partial charge in [-0.25, -0.2) is 0 Å². The zero-order valence-electron chi connectivity index (χ0n) is 36.5. The van der Waals surface area contributed by atoms with Crippen LogP contribution in [0.15, 0.2) is 5.16 Å². The molecule has 0 aromatic carbocycles. The monoisotopic (exact) mass is 722 g/mol. The first-order valence-corrected chi connectivity index (χ1v) is 23.0. The van der Waals surface area contributed by atoms with Crippen LogP contribution in [0.1, 0.15) is 267 Å². The Morgan fingerprint density at radius 3 is 1.14 bits per heavy atom. The van der Waals surface area contributed by atoms with Crippen molar-refractivity contribution in [3.63, 3.8) is 0 Å². The number of methoxy groups -OCH3 is 1. The maximum absolute atomic E-state index is 6.27. The van der Waals surface area contributed by atoms with Gasteiger partial charge in [0.25, 0.3) is 0 Å². The van der Waals surface area contributed by atoms with Crippen LogP contribution in [0, 0.1) is 0 Å². The highest BCUT2D eigenvalue weighted by Crippen LogP contribution is 2.22. The Hall–Kier alpha value is -0.610. The SMILES string of the molecule is CCCCCCCCCCCCCCCCCC(CCCCCCCCCCCCCCCC)ON=C(C)CCC(C)(C)OCCC(C)(C)OC. The van der Waals surface area contributed by atoms with E-state index >= 15 is 0 Å². The third kappa shape index (κ3) is 37.5. The van der Waals surface area contributed by atoms with Crippen LogP contribution in [-0.4, -0.2) is 36.7 Å². The normalized spacial score (nSPS) is 13.3. The van der Waals surface area contributed by atoms with Crippen molar-refractivity contribution in [2.75, 3.05) is 13.7 Å². The average molecular weight is 722 g/mol. The van der Waals surface area contributed by atoms with Crippen molar-refractivity contribution in [1.82, 2.24) is 0 Å². The van der Waals surface area contributed by atoms with Crippen LogP contribution in [-0.2, 0) is 14.3 Å². The summed E-state index contributed by atoms with van der Waals surface area (Å²) in [5, 5.41) is 4.67. The lowest BCUT2D eigenvalue weighted by molar-refractivity contribution is -0.0604. The standard InChI is InChI=1S/C47H95NO3/c1-9-11-13-15-17-19-21-23-25-27-29-31-33-35-37-39-45(38-36-34-32-30-28-26-24-22-20-18-16-14-12-10-2)51-48-44(3)40-41-47(6,7)50-43-42-46(4,5)49-8/h45H,9-43H2,1-8H3. The van der Waals surface area contributed by atoms with E-state index in [0.29, 0.717) is 6.61 Å². The molecule has 4 heteroatoms. The van der Waals surface area contributed by atoms with Gasteiger partial charge in [-0.15, -0.1) is 0 Å². The first kappa shape index (κ1) is 50.4. The van der Waals surface area contributed by atoms with Crippen molar-refractivity contribution in [3.05, 3.63) is 0 Å². The highest BCUT2D eigenvalue weighted by molar-refractivity contribution is 5.81. The molecule has 0 rings (SSSR count). The lowest BCUT2D eigenvalue weighted by Gasteiger charge is -2.29. The number of hydrogen-bond donors (Lipinski definition) is 0. The fraction of sp³-hybridized carbons (Fsp3) is 0.979. The lowest BCUT2D eigenvalue weighted by atomic mass is 10.00. The van der Waals surface area contributed by atoms with E-state index in [4.69, 9.17) is 14.3 Å². The van der Waals surface area contributed by atoms with Crippen LogP contribution < -0.4 is 0 Å². The van der Waals surface area contributed by atoms with E-state index in [1.807, 2.05) is 0 Å². The van der Waals surface area contributed by atoms with E-state index in [2.05, 4.69) is 53.6 Å². The molecule has 0 aromatic rings. The summed E-state index contributed by atoms with van der Waals surface area (Å²) in [6.07, 6.45) is 46.2. The van der Waals surface area contributed by atoms with Crippen molar-refractivity contribution in [2.24, 2.45) is 5.16 Å². The molecule has 0 saturated heterocycles. The predicted molar refractivity (Wildman–Crippen MR) is 227 cm³/mol. The van der Waals surface area contributed by atoms with E-state index in [1.165, 1.54) is 186 Å². The Kier molecular flexibility index (Phi) is 35.9. The third-order valence-electron chi connectivity index (χ3n) is 11.2. The fourth-order valence-corrected chi connectivity index (χ4v) is 7.00. The Morgan fingerprint density at radius 2 is 0.804 bits per heavy atom. The van der Waals surface area contributed by atoms with Gasteiger partial charge in [0.15, 0.2) is 0 Å². The summed E-state index contributed by atoms with van der Waals surface area (Å²) in [4.78, 5) is 6.27. The second-order valence-corrected chi connectivity index (χ2v) is 17.5. The molecule has 0 heterocycles. The van der Waals surface area contributed by atoms with Crippen molar-refractivity contribution < 1.29 is 14.3 Å². The van der Waals surface area contributed by atoms with Gasteiger partial charge < -0.3 is 14.3 Å². The van der Waals surface area contributed by atoms with E-state index in [-0.39, 0.29) is 17.3 Å². The minimum atomic E-state index is -0.178. The first-order valence-electron chi connectivity index (χ1n) is 23.0. The maximum Gasteiger partial charge on any atom is 0.127 e. The third-order valence-corrected chi connectivity index (χ3v) is 11.2. The minimum Gasteiger partial charge on any atom is -0.393 e. The topological polar surface area (TPSA) is 40.0 Å². The number of ether oxygens (including phenoxy) is 2. The highest BCUT2D eigenvalue weighted by Gasteiger charge is 2.22. The number of unbranched alkanes of at least 4 members (excludes halogenated alkanes) is 27. The van der Waals surface area contributed by atoms with Crippen LogP contribution >= 0.6 is 0 Å². The Balaban J connectivity index is 4.36. The van der Waals surface area contributed by atoms with Gasteiger partial charge in [0.1, 0.15) is 6.10 Å². The average Bonchev–Trinajstić information content (AvgIpc) is 3.10. The fourth-order valence-electron chi connectivity index (χ4n) is 7.00. The summed E-state index contributed by atoms with van der Waals surface area (Å²) >= 11 is 0. The molecule has 1 atom stereocenters. The molecule has 0 aromatic heterocycles. The van der Waals surface area contributed by atoms with Crippen LogP contribution in [0.25, 0.3) is 0 Å². The summed E-state index contributed by atoms with van der Waals surface area (Å²) in [6, 6.07) is 0. The molecule has 0 amide bonds. The highest BCUT2D eigenvalue weighted by atomic mass is 16.6. The molecule has 0 N–H and O–H groups in total. The summed E-state index contributed by atoms with van der Waals surface area (Å²) in [5.74, 6) is 0. The predicted octanol–water partition coefficient (Wildman–Crippen LogP) is 16.3. The Labute approximate surface area is 322 Å². The van der Waals surface area contributed by atoms with Gasteiger partial charge in [-0.3, -0.25) is 0 Å². The molecule has 0 radical (unpaired) electrons. The number of hydrogen-bond acceptors (Lipinski definition) is 4. The number of oxime groups is 1. The summed E-state index contributed by atoms with van der Waals surface area (Å²) in [5.41, 5.74) is 0.768. The Bertz CT molecular complexity index is 733. The second kappa shape index (κ2) is 36.4. The molecule has 0 bridgehead atoms. The van der Waals surface area contributed by atoms with E-state index < -0.39 is 0 Å². The van der Waals surface area contributed by atoms with Crippen molar-refractivity contribution in [2.45, 2.75) is 284 Å². The summed E-state index contributed by atoms with van der Waals surface area (Å²) in [6.45, 7) is 16.1. The molecule has 4 nitrogen and oxygen atoms in total. The molecular formula is C47H95NO3. The van der Waals surface area contributed by atoms with Crippen LogP contribution in [0.4, 0.5) is 0 Å². The van der Waals surface area contributed by atoms with E-state index in [1.54, 1.807) is 7.11 Å². The molecule has 51 heavy (non-hydrogen) atoms. The van der Waals surface area contributed by atoms with Gasteiger partial charge in [0.05, 0.1) is 23.5 Å². The molecule has 0 aliphatic carbocycles. The van der Waals surface area contributed by atoms with Gasteiger partial charge >= 0.3 is 0 Å². The molecule has 1 unspecified atom stereocenters. The van der Waals surface area contributed by atoms with Crippen LogP contribution in [0.3, 0.4) is 0 Å². The van der Waals surface area contributed by atoms with Crippen LogP contribution in [0.2, 0.25) is 0 Å². The molecule has 0 spiro atoms. The van der Waals surface area contributed by atoms with Crippen molar-refractivity contribution in [1.29, 1.82) is 0 Å². The largest absolute Gasteiger partial charge is 0.393 e. The smallest absolute Gasteiger partial charge is 0.127 e. The summed E-state index contributed by atoms with van der Waals surface area (Å²) < 4.78 is 11.8. The van der Waals surface area contributed by atoms with Gasteiger partial charge in [-0.05, 0) is 79.6 Å². The Morgan fingerprint density at radius 1 is 0.471 bits per heavy atom. The zero-order valence-corrected chi connectivity index (χ0v) is 36.5. The van der Waals surface area contributed by atoms with Crippen molar-refractivity contribution in [3.8, 4) is 0 Å². The second-order valence-electron chi connectivity index (χ2n) is 17.5. The lowest BCUT2D eigenvalue weighted by Crippen LogP contribution is -2.30. The minimum absolute atomic E-state index is 0.143. The van der Waals surface area contributed by atoms with Crippen LogP contribution in [0.5, 0.6) is 0 Å². The quantitative estimate of drug-likeness (QED) is 0.0358. The molecule has 0 aliphatic heterocycles. The van der Waals surface area contributed by atoms with Gasteiger partial charge in [0, 0.05) is 7.11 Å². The van der Waals surface area contributed by atoms with Gasteiger partial charge in [-0.1, -0.05) is 192 Å². The number of rotatable bonds is 41. The number of nitrogens with zero attached hydrogens (tertiary/aromatic N) is 1. The molecule has 0 saturated carbocycles. The van der Waals surface area contributed by atoms with E-state index in [9.17, 15) is 0 Å². The molecule has 0 aliphatic rings. The first-order chi connectivity index (χ1) is 24.7. The van der Waals surface area contributed by atoms with Gasteiger partial charge in [0.2, 0.25) is 0 Å². The van der Waals surface area contributed by atoms with E-state index in [0.717, 1.165) is 37.8 Å². The molecule has 0 fully saturated rings. The zero-order chi connectivity index (χ0) is 37.7. The molecular weight excluding hydrogens is 627 g/mol. The van der Waals surface area contributed by atoms with Gasteiger partial charge in [-0.2, -0.15) is 0 Å². The molecule has 306 valence electrons. The summed E-state index contributed by atoms with van der Waals surface area (Å²) in [7, 11) is 1.78. The maximum atomic E-state index is 6.27. The van der Waals surface area contributed by atoms with Crippen molar-refractivity contribution >= 4 is 5.71 Å².